The lowest BCUT2D eigenvalue weighted by Crippen LogP contribution is -2.31. The molecule has 0 aromatic rings. The highest BCUT2D eigenvalue weighted by atomic mass is 16.5. The molecule has 0 heterocycles. The van der Waals surface area contributed by atoms with Gasteiger partial charge >= 0.3 is 5.97 Å². The largest absolute Gasteiger partial charge is 0.466 e. The van der Waals surface area contributed by atoms with E-state index in [0.29, 0.717) is 19.4 Å². The summed E-state index contributed by atoms with van der Waals surface area (Å²) in [5, 5.41) is 0. The maximum Gasteiger partial charge on any atom is 0.312 e. The Hall–Kier alpha value is -1.05. The summed E-state index contributed by atoms with van der Waals surface area (Å²) in [6.45, 7) is 11.6. The lowest BCUT2D eigenvalue weighted by molar-refractivity contribution is -0.155. The second-order valence-electron chi connectivity index (χ2n) is 3.34. The van der Waals surface area contributed by atoms with E-state index >= 15 is 0 Å². The van der Waals surface area contributed by atoms with Gasteiger partial charge in [-0.15, -0.1) is 13.2 Å². The van der Waals surface area contributed by atoms with Gasteiger partial charge in [-0.2, -0.15) is 0 Å². The van der Waals surface area contributed by atoms with E-state index in [1.54, 1.807) is 12.2 Å². The van der Waals surface area contributed by atoms with Gasteiger partial charge in [0.05, 0.1) is 12.0 Å². The van der Waals surface area contributed by atoms with Gasteiger partial charge in [-0.1, -0.05) is 19.1 Å². The van der Waals surface area contributed by atoms with Gasteiger partial charge in [-0.3, -0.25) is 4.79 Å². The van der Waals surface area contributed by atoms with E-state index in [1.165, 1.54) is 0 Å². The molecular formula is C12H20O2. The first-order valence-corrected chi connectivity index (χ1v) is 5.05. The Labute approximate surface area is 86.6 Å². The van der Waals surface area contributed by atoms with Crippen molar-refractivity contribution >= 4 is 5.97 Å². The number of hydrogen-bond acceptors (Lipinski definition) is 2. The smallest absolute Gasteiger partial charge is 0.312 e. The molecule has 0 unspecified atom stereocenters. The van der Waals surface area contributed by atoms with Crippen LogP contribution in [0.15, 0.2) is 25.3 Å². The number of carbonyl (C=O) groups is 1. The molecule has 0 aliphatic rings. The van der Waals surface area contributed by atoms with E-state index in [0.717, 1.165) is 6.42 Å². The van der Waals surface area contributed by atoms with E-state index in [9.17, 15) is 4.79 Å². The molecule has 14 heavy (non-hydrogen) atoms. The molecule has 0 spiro atoms. The minimum atomic E-state index is -0.445. The Morgan fingerprint density at radius 1 is 1.29 bits per heavy atom. The Kier molecular flexibility index (Phi) is 5.93. The Morgan fingerprint density at radius 2 is 1.79 bits per heavy atom. The van der Waals surface area contributed by atoms with Crippen LogP contribution in [0.5, 0.6) is 0 Å². The van der Waals surface area contributed by atoms with Crippen molar-refractivity contribution in [1.82, 2.24) is 0 Å². The molecule has 0 bridgehead atoms. The summed E-state index contributed by atoms with van der Waals surface area (Å²) in [4.78, 5) is 11.8. The van der Waals surface area contributed by atoms with Gasteiger partial charge in [0, 0.05) is 0 Å². The number of ether oxygens (including phenoxy) is 1. The maximum atomic E-state index is 11.8. The van der Waals surface area contributed by atoms with E-state index in [-0.39, 0.29) is 5.97 Å². The number of hydrogen-bond donors (Lipinski definition) is 0. The van der Waals surface area contributed by atoms with Crippen LogP contribution >= 0.6 is 0 Å². The number of esters is 1. The molecule has 0 aliphatic heterocycles. The van der Waals surface area contributed by atoms with E-state index in [2.05, 4.69) is 13.2 Å². The van der Waals surface area contributed by atoms with Gasteiger partial charge in [0.15, 0.2) is 0 Å². The topological polar surface area (TPSA) is 26.3 Å². The summed E-state index contributed by atoms with van der Waals surface area (Å²) in [6.07, 6.45) is 5.58. The molecule has 80 valence electrons. The SMILES string of the molecule is C=CCC(CC)(CC=C)C(=O)OCC. The first-order chi connectivity index (χ1) is 6.66. The predicted octanol–water partition coefficient (Wildman–Crippen LogP) is 3.10. The molecule has 2 heteroatoms. The van der Waals surface area contributed by atoms with Crippen molar-refractivity contribution in [3.8, 4) is 0 Å². The average molecular weight is 196 g/mol. The maximum absolute atomic E-state index is 11.8. The molecule has 0 aromatic carbocycles. The molecule has 0 atom stereocenters. The summed E-state index contributed by atoms with van der Waals surface area (Å²) >= 11 is 0. The molecule has 0 radical (unpaired) electrons. The Balaban J connectivity index is 4.70. The summed E-state index contributed by atoms with van der Waals surface area (Å²) in [6, 6.07) is 0. The first-order valence-electron chi connectivity index (χ1n) is 5.05. The van der Waals surface area contributed by atoms with Gasteiger partial charge in [0.1, 0.15) is 0 Å². The molecule has 0 saturated carbocycles. The normalized spacial score (nSPS) is 10.7. The fourth-order valence-electron chi connectivity index (χ4n) is 1.52. The summed E-state index contributed by atoms with van der Waals surface area (Å²) in [5.41, 5.74) is -0.445. The van der Waals surface area contributed by atoms with Gasteiger partial charge < -0.3 is 4.74 Å². The quantitative estimate of drug-likeness (QED) is 0.462. The van der Waals surface area contributed by atoms with E-state index in [4.69, 9.17) is 4.74 Å². The highest BCUT2D eigenvalue weighted by Crippen LogP contribution is 2.33. The van der Waals surface area contributed by atoms with Crippen LogP contribution in [0.3, 0.4) is 0 Å². The van der Waals surface area contributed by atoms with Crippen molar-refractivity contribution in [1.29, 1.82) is 0 Å². The van der Waals surface area contributed by atoms with Crippen LogP contribution in [0, 0.1) is 5.41 Å². The van der Waals surface area contributed by atoms with Gasteiger partial charge in [-0.25, -0.2) is 0 Å². The zero-order valence-electron chi connectivity index (χ0n) is 9.21. The average Bonchev–Trinajstić information content (AvgIpc) is 2.17. The molecular weight excluding hydrogens is 176 g/mol. The van der Waals surface area contributed by atoms with Crippen LogP contribution in [0.4, 0.5) is 0 Å². The third-order valence-electron chi connectivity index (χ3n) is 2.46. The molecule has 0 aromatic heterocycles. The third kappa shape index (κ3) is 3.02. The molecule has 2 nitrogen and oxygen atoms in total. The highest BCUT2D eigenvalue weighted by Gasteiger charge is 2.35. The van der Waals surface area contributed by atoms with E-state index < -0.39 is 5.41 Å². The molecule has 0 amide bonds. The van der Waals surface area contributed by atoms with Gasteiger partial charge in [-0.05, 0) is 26.2 Å². The fourth-order valence-corrected chi connectivity index (χ4v) is 1.52. The zero-order valence-corrected chi connectivity index (χ0v) is 9.21. The van der Waals surface area contributed by atoms with Crippen molar-refractivity contribution in [2.45, 2.75) is 33.1 Å². The van der Waals surface area contributed by atoms with Crippen molar-refractivity contribution in [2.24, 2.45) is 5.41 Å². The van der Waals surface area contributed by atoms with Crippen LogP contribution < -0.4 is 0 Å². The molecule has 0 saturated heterocycles. The van der Waals surface area contributed by atoms with Gasteiger partial charge in [0.25, 0.3) is 0 Å². The molecule has 0 fully saturated rings. The van der Waals surface area contributed by atoms with Crippen molar-refractivity contribution < 1.29 is 9.53 Å². The summed E-state index contributed by atoms with van der Waals surface area (Å²) < 4.78 is 5.07. The predicted molar refractivity (Wildman–Crippen MR) is 59.0 cm³/mol. The summed E-state index contributed by atoms with van der Waals surface area (Å²) in [5.74, 6) is -0.137. The zero-order chi connectivity index (χ0) is 11.0. The van der Waals surface area contributed by atoms with Crippen LogP contribution in [0.25, 0.3) is 0 Å². The molecule has 0 aliphatic carbocycles. The highest BCUT2D eigenvalue weighted by molar-refractivity contribution is 5.77. The van der Waals surface area contributed by atoms with Gasteiger partial charge in [0.2, 0.25) is 0 Å². The summed E-state index contributed by atoms with van der Waals surface area (Å²) in [7, 11) is 0. The number of carbonyl (C=O) groups excluding carboxylic acids is 1. The van der Waals surface area contributed by atoms with E-state index in [1.807, 2.05) is 13.8 Å². The lowest BCUT2D eigenvalue weighted by atomic mass is 9.79. The minimum Gasteiger partial charge on any atom is -0.466 e. The standard InChI is InChI=1S/C12H20O2/c1-5-9-12(7-3,10-6-2)11(13)14-8-4/h5-6H,1-2,7-10H2,3-4H3. The molecule has 0 N–H and O–H groups in total. The fraction of sp³-hybridized carbons (Fsp3) is 0.583. The third-order valence-corrected chi connectivity index (χ3v) is 2.46. The van der Waals surface area contributed by atoms with Crippen molar-refractivity contribution in [2.75, 3.05) is 6.61 Å². The first kappa shape index (κ1) is 12.9. The number of allylic oxidation sites excluding steroid dienone is 2. The van der Waals surface area contributed by atoms with Crippen molar-refractivity contribution in [3.05, 3.63) is 25.3 Å². The Bertz CT molecular complexity index is 196. The molecule has 0 rings (SSSR count). The van der Waals surface area contributed by atoms with Crippen LogP contribution in [-0.2, 0) is 9.53 Å². The van der Waals surface area contributed by atoms with Crippen molar-refractivity contribution in [3.63, 3.8) is 0 Å². The minimum absolute atomic E-state index is 0.137. The monoisotopic (exact) mass is 196 g/mol. The van der Waals surface area contributed by atoms with Crippen LogP contribution in [-0.4, -0.2) is 12.6 Å². The second-order valence-corrected chi connectivity index (χ2v) is 3.34. The lowest BCUT2D eigenvalue weighted by Gasteiger charge is -2.27. The number of rotatable bonds is 7. The van der Waals surface area contributed by atoms with Crippen LogP contribution in [0.2, 0.25) is 0 Å². The second kappa shape index (κ2) is 6.41. The Morgan fingerprint density at radius 3 is 2.07 bits per heavy atom. The van der Waals surface area contributed by atoms with Crippen LogP contribution in [0.1, 0.15) is 33.1 Å².